The summed E-state index contributed by atoms with van der Waals surface area (Å²) in [5.74, 6) is -0.265. The van der Waals surface area contributed by atoms with Crippen LogP contribution in [0.2, 0.25) is 0 Å². The van der Waals surface area contributed by atoms with Gasteiger partial charge in [-0.2, -0.15) is 0 Å². The lowest BCUT2D eigenvalue weighted by Crippen LogP contribution is -2.26. The van der Waals surface area contributed by atoms with Crippen LogP contribution in [-0.4, -0.2) is 36.1 Å². The van der Waals surface area contributed by atoms with Crippen molar-refractivity contribution >= 4 is 29.4 Å². The lowest BCUT2D eigenvalue weighted by molar-refractivity contribution is -0.115. The van der Waals surface area contributed by atoms with Gasteiger partial charge in [0.1, 0.15) is 5.75 Å². The molecule has 1 aliphatic carbocycles. The van der Waals surface area contributed by atoms with Crippen LogP contribution in [0.15, 0.2) is 72.8 Å². The molecule has 0 bridgehead atoms. The Labute approximate surface area is 208 Å². The Hall–Kier alpha value is -4.43. The SMILES string of the molecule is COc1ccc(/C(=C\c2ccc(C(=O)NCc3ccc(C(=O)NO)cc3)cc2)C(=O)NC2CC2)cc1. The Kier molecular flexibility index (Phi) is 7.77. The minimum atomic E-state index is -0.597. The van der Waals surface area contributed by atoms with E-state index in [0.29, 0.717) is 22.4 Å². The van der Waals surface area contributed by atoms with Crippen LogP contribution < -0.4 is 20.9 Å². The van der Waals surface area contributed by atoms with Gasteiger partial charge in [0.2, 0.25) is 0 Å². The maximum atomic E-state index is 12.9. The number of hydrogen-bond donors (Lipinski definition) is 4. The minimum Gasteiger partial charge on any atom is -0.497 e. The number of ether oxygens (including phenoxy) is 1. The van der Waals surface area contributed by atoms with Gasteiger partial charge in [-0.3, -0.25) is 19.6 Å². The molecule has 36 heavy (non-hydrogen) atoms. The summed E-state index contributed by atoms with van der Waals surface area (Å²) >= 11 is 0. The quantitative estimate of drug-likeness (QED) is 0.160. The smallest absolute Gasteiger partial charge is 0.274 e. The lowest BCUT2D eigenvalue weighted by Gasteiger charge is -2.10. The third-order valence-corrected chi connectivity index (χ3v) is 5.81. The van der Waals surface area contributed by atoms with Crippen molar-refractivity contribution in [3.8, 4) is 5.75 Å². The van der Waals surface area contributed by atoms with Crippen LogP contribution in [0.25, 0.3) is 11.6 Å². The fourth-order valence-corrected chi connectivity index (χ4v) is 3.56. The van der Waals surface area contributed by atoms with E-state index >= 15 is 0 Å². The summed E-state index contributed by atoms with van der Waals surface area (Å²) in [6, 6.07) is 21.1. The molecule has 1 saturated carbocycles. The average molecular weight is 486 g/mol. The van der Waals surface area contributed by atoms with Crippen molar-refractivity contribution in [3.63, 3.8) is 0 Å². The first kappa shape index (κ1) is 24.7. The Balaban J connectivity index is 1.44. The van der Waals surface area contributed by atoms with E-state index in [2.05, 4.69) is 10.6 Å². The number of hydrogen-bond acceptors (Lipinski definition) is 5. The summed E-state index contributed by atoms with van der Waals surface area (Å²) < 4.78 is 5.22. The van der Waals surface area contributed by atoms with Crippen LogP contribution in [-0.2, 0) is 11.3 Å². The maximum absolute atomic E-state index is 12.9. The topological polar surface area (TPSA) is 117 Å². The van der Waals surface area contributed by atoms with Crippen molar-refractivity contribution in [3.05, 3.63) is 101 Å². The minimum absolute atomic E-state index is 0.132. The summed E-state index contributed by atoms with van der Waals surface area (Å²) in [4.78, 5) is 36.9. The van der Waals surface area contributed by atoms with Gasteiger partial charge in [0, 0.05) is 29.3 Å². The van der Waals surface area contributed by atoms with Crippen LogP contribution in [0.1, 0.15) is 50.2 Å². The van der Waals surface area contributed by atoms with Gasteiger partial charge in [-0.25, -0.2) is 5.48 Å². The molecule has 1 aliphatic rings. The summed E-state index contributed by atoms with van der Waals surface area (Å²) in [6.45, 7) is 0.282. The number of amides is 3. The number of nitrogens with one attached hydrogen (secondary N) is 3. The van der Waals surface area contributed by atoms with Crippen LogP contribution >= 0.6 is 0 Å². The number of carbonyl (C=O) groups is 3. The molecule has 0 atom stereocenters. The molecule has 3 amide bonds. The molecule has 0 unspecified atom stereocenters. The number of carbonyl (C=O) groups excluding carboxylic acids is 3. The molecule has 0 saturated heterocycles. The second-order valence-corrected chi connectivity index (χ2v) is 8.48. The van der Waals surface area contributed by atoms with E-state index in [-0.39, 0.29) is 24.4 Å². The predicted molar refractivity (Wildman–Crippen MR) is 135 cm³/mol. The summed E-state index contributed by atoms with van der Waals surface area (Å²) in [6.07, 6.45) is 3.80. The highest BCUT2D eigenvalue weighted by Crippen LogP contribution is 2.25. The first-order valence-electron chi connectivity index (χ1n) is 11.6. The molecule has 8 heteroatoms. The second-order valence-electron chi connectivity index (χ2n) is 8.48. The Morgan fingerprint density at radius 1 is 0.861 bits per heavy atom. The van der Waals surface area contributed by atoms with Crippen molar-refractivity contribution < 1.29 is 24.3 Å². The first-order valence-corrected chi connectivity index (χ1v) is 11.6. The molecule has 0 aliphatic heterocycles. The van der Waals surface area contributed by atoms with E-state index in [9.17, 15) is 14.4 Å². The van der Waals surface area contributed by atoms with Crippen LogP contribution in [0.4, 0.5) is 0 Å². The van der Waals surface area contributed by atoms with Gasteiger partial charge in [0.25, 0.3) is 17.7 Å². The normalized spacial score (nSPS) is 13.0. The summed E-state index contributed by atoms with van der Waals surface area (Å²) in [5.41, 5.74) is 5.30. The molecular weight excluding hydrogens is 458 g/mol. The van der Waals surface area contributed by atoms with Crippen molar-refractivity contribution in [1.29, 1.82) is 0 Å². The van der Waals surface area contributed by atoms with Gasteiger partial charge >= 0.3 is 0 Å². The molecule has 4 N–H and O–H groups in total. The Morgan fingerprint density at radius 2 is 1.44 bits per heavy atom. The van der Waals surface area contributed by atoms with Crippen molar-refractivity contribution in [1.82, 2.24) is 16.1 Å². The first-order chi connectivity index (χ1) is 17.5. The zero-order chi connectivity index (χ0) is 25.5. The Morgan fingerprint density at radius 3 is 2.03 bits per heavy atom. The fraction of sp³-hybridized carbons (Fsp3) is 0.179. The highest BCUT2D eigenvalue weighted by atomic mass is 16.5. The molecular formula is C28H27N3O5. The highest BCUT2D eigenvalue weighted by Gasteiger charge is 2.25. The van der Waals surface area contributed by atoms with E-state index in [1.165, 1.54) is 0 Å². The Bertz CT molecular complexity index is 1260. The summed E-state index contributed by atoms with van der Waals surface area (Å²) in [5, 5.41) is 14.6. The molecule has 0 radical (unpaired) electrons. The molecule has 1 fully saturated rings. The second kappa shape index (κ2) is 11.3. The van der Waals surface area contributed by atoms with Crippen LogP contribution in [0, 0.1) is 0 Å². The number of rotatable bonds is 9. The van der Waals surface area contributed by atoms with Crippen molar-refractivity contribution in [2.75, 3.05) is 7.11 Å². The summed E-state index contributed by atoms with van der Waals surface area (Å²) in [7, 11) is 1.60. The third-order valence-electron chi connectivity index (χ3n) is 5.81. The molecule has 3 aromatic carbocycles. The maximum Gasteiger partial charge on any atom is 0.274 e. The van der Waals surface area contributed by atoms with E-state index in [0.717, 1.165) is 29.5 Å². The van der Waals surface area contributed by atoms with E-state index in [1.807, 2.05) is 30.3 Å². The highest BCUT2D eigenvalue weighted by molar-refractivity contribution is 6.24. The molecule has 0 aromatic heterocycles. The number of hydroxylamine groups is 1. The zero-order valence-corrected chi connectivity index (χ0v) is 19.8. The van der Waals surface area contributed by atoms with Gasteiger partial charge in [0.15, 0.2) is 0 Å². The number of benzene rings is 3. The van der Waals surface area contributed by atoms with Crippen molar-refractivity contribution in [2.24, 2.45) is 0 Å². The standard InChI is InChI=1S/C28H27N3O5/c1-36-24-14-10-20(11-15-24)25(28(34)30-23-12-13-23)16-18-2-6-21(7-3-18)26(32)29-17-19-4-8-22(9-5-19)27(33)31-35/h2-11,14-16,23,35H,12-13,17H2,1H3,(H,29,32)(H,30,34)(H,31,33)/b25-16+. The molecule has 4 rings (SSSR count). The average Bonchev–Trinajstić information content (AvgIpc) is 3.74. The molecule has 0 heterocycles. The monoisotopic (exact) mass is 485 g/mol. The predicted octanol–water partition coefficient (Wildman–Crippen LogP) is 3.56. The van der Waals surface area contributed by atoms with Crippen LogP contribution in [0.3, 0.4) is 0 Å². The zero-order valence-electron chi connectivity index (χ0n) is 19.8. The fourth-order valence-electron chi connectivity index (χ4n) is 3.56. The van der Waals surface area contributed by atoms with Crippen LogP contribution in [0.5, 0.6) is 5.75 Å². The van der Waals surface area contributed by atoms with E-state index in [1.54, 1.807) is 61.1 Å². The van der Waals surface area contributed by atoms with E-state index < -0.39 is 5.91 Å². The largest absolute Gasteiger partial charge is 0.497 e. The molecule has 8 nitrogen and oxygen atoms in total. The van der Waals surface area contributed by atoms with Crippen molar-refractivity contribution in [2.45, 2.75) is 25.4 Å². The van der Waals surface area contributed by atoms with E-state index in [4.69, 9.17) is 9.94 Å². The molecule has 3 aromatic rings. The van der Waals surface area contributed by atoms with Gasteiger partial charge in [-0.1, -0.05) is 36.4 Å². The van der Waals surface area contributed by atoms with Gasteiger partial charge < -0.3 is 15.4 Å². The van der Waals surface area contributed by atoms with Gasteiger partial charge in [0.05, 0.1) is 7.11 Å². The van der Waals surface area contributed by atoms with Gasteiger partial charge in [-0.15, -0.1) is 0 Å². The third kappa shape index (κ3) is 6.37. The number of methoxy groups -OCH3 is 1. The molecule has 184 valence electrons. The molecule has 0 spiro atoms. The lowest BCUT2D eigenvalue weighted by atomic mass is 10.0. The van der Waals surface area contributed by atoms with Gasteiger partial charge in [-0.05, 0) is 72.0 Å².